The molecule has 7 nitrogen and oxygen atoms in total. The van der Waals surface area contributed by atoms with Crippen molar-refractivity contribution in [3.05, 3.63) is 48.3 Å². The Hall–Kier alpha value is -2.61. The third-order valence-corrected chi connectivity index (χ3v) is 5.69. The van der Waals surface area contributed by atoms with E-state index in [4.69, 9.17) is 4.74 Å². The molecule has 2 aromatic rings. The van der Waals surface area contributed by atoms with Gasteiger partial charge in [0.25, 0.3) is 5.91 Å². The van der Waals surface area contributed by atoms with Crippen LogP contribution in [0.2, 0.25) is 0 Å². The van der Waals surface area contributed by atoms with Gasteiger partial charge in [-0.3, -0.25) is 4.79 Å². The van der Waals surface area contributed by atoms with E-state index in [2.05, 4.69) is 15.6 Å². The number of hydrogen-bond acceptors (Lipinski definition) is 6. The molecular formula is C17H19N3O4S. The Balaban J connectivity index is 1.62. The number of benzene rings is 1. The van der Waals surface area contributed by atoms with Gasteiger partial charge in [0.05, 0.1) is 30.5 Å². The number of nitrogens with one attached hydrogen (secondary N) is 2. The smallest absolute Gasteiger partial charge is 0.270 e. The average Bonchev–Trinajstić information content (AvgIpc) is 2.94. The van der Waals surface area contributed by atoms with Gasteiger partial charge < -0.3 is 15.4 Å². The van der Waals surface area contributed by atoms with Crippen molar-refractivity contribution in [2.45, 2.75) is 12.5 Å². The van der Waals surface area contributed by atoms with Crippen LogP contribution in [0.1, 0.15) is 16.9 Å². The standard InChI is InChI=1S/C17H19N3O4S/c1-24-15-4-2-3-12(9-15)19-13-5-6-16(18-10-13)17(21)20-14-7-8-25(22,23)11-14/h2-6,9-10,14,19H,7-8,11H2,1H3,(H,20,21). The molecule has 0 bridgehead atoms. The molecule has 0 saturated carbocycles. The molecule has 1 unspecified atom stereocenters. The zero-order valence-corrected chi connectivity index (χ0v) is 14.5. The lowest BCUT2D eigenvalue weighted by molar-refractivity contribution is 0.0936. The second-order valence-corrected chi connectivity index (χ2v) is 8.09. The number of nitrogens with zero attached hydrogens (tertiary/aromatic N) is 1. The van der Waals surface area contributed by atoms with Crippen molar-refractivity contribution in [3.63, 3.8) is 0 Å². The Kier molecular flexibility index (Phi) is 4.89. The second kappa shape index (κ2) is 7.10. The van der Waals surface area contributed by atoms with E-state index in [0.717, 1.165) is 17.1 Å². The molecule has 1 amide bonds. The molecule has 0 aliphatic carbocycles. The third-order valence-electron chi connectivity index (χ3n) is 3.92. The molecule has 0 radical (unpaired) electrons. The highest BCUT2D eigenvalue weighted by molar-refractivity contribution is 7.91. The van der Waals surface area contributed by atoms with Crippen molar-refractivity contribution in [1.82, 2.24) is 10.3 Å². The second-order valence-electron chi connectivity index (χ2n) is 5.86. The molecule has 1 saturated heterocycles. The van der Waals surface area contributed by atoms with E-state index in [-0.39, 0.29) is 29.1 Å². The van der Waals surface area contributed by atoms with Gasteiger partial charge in [-0.2, -0.15) is 0 Å². The SMILES string of the molecule is COc1cccc(Nc2ccc(C(=O)NC3CCS(=O)(=O)C3)nc2)c1. The van der Waals surface area contributed by atoms with Crippen LogP contribution >= 0.6 is 0 Å². The maximum atomic E-state index is 12.2. The van der Waals surface area contributed by atoms with Gasteiger partial charge in [0.1, 0.15) is 11.4 Å². The summed E-state index contributed by atoms with van der Waals surface area (Å²) in [5.74, 6) is 0.485. The van der Waals surface area contributed by atoms with Crippen molar-refractivity contribution in [2.24, 2.45) is 0 Å². The van der Waals surface area contributed by atoms with E-state index in [1.54, 1.807) is 25.4 Å². The van der Waals surface area contributed by atoms with Crippen LogP contribution < -0.4 is 15.4 Å². The monoisotopic (exact) mass is 361 g/mol. The average molecular weight is 361 g/mol. The first-order valence-electron chi connectivity index (χ1n) is 7.83. The summed E-state index contributed by atoms with van der Waals surface area (Å²) < 4.78 is 28.0. The predicted molar refractivity (Wildman–Crippen MR) is 95.0 cm³/mol. The Morgan fingerprint density at radius 2 is 2.08 bits per heavy atom. The van der Waals surface area contributed by atoms with Crippen LogP contribution in [0.25, 0.3) is 0 Å². The fourth-order valence-electron chi connectivity index (χ4n) is 2.64. The molecule has 2 heterocycles. The van der Waals surface area contributed by atoms with E-state index in [0.29, 0.717) is 6.42 Å². The maximum absolute atomic E-state index is 12.2. The fraction of sp³-hybridized carbons (Fsp3) is 0.294. The van der Waals surface area contributed by atoms with Crippen LogP contribution in [0.15, 0.2) is 42.6 Å². The van der Waals surface area contributed by atoms with E-state index < -0.39 is 9.84 Å². The fourth-order valence-corrected chi connectivity index (χ4v) is 4.31. The number of pyridine rings is 1. The topological polar surface area (TPSA) is 97.4 Å². The Labute approximate surface area is 146 Å². The van der Waals surface area contributed by atoms with Gasteiger partial charge in [-0.1, -0.05) is 6.07 Å². The molecule has 3 rings (SSSR count). The first-order chi connectivity index (χ1) is 11.9. The lowest BCUT2D eigenvalue weighted by Crippen LogP contribution is -2.36. The number of amides is 1. The predicted octanol–water partition coefficient (Wildman–Crippen LogP) is 1.75. The summed E-state index contributed by atoms with van der Waals surface area (Å²) in [6, 6.07) is 10.5. The normalized spacial score (nSPS) is 18.5. The van der Waals surface area contributed by atoms with Crippen LogP contribution in [0, 0.1) is 0 Å². The zero-order chi connectivity index (χ0) is 17.9. The minimum atomic E-state index is -3.03. The number of carbonyl (C=O) groups excluding carboxylic acids is 1. The molecule has 1 fully saturated rings. The molecule has 0 spiro atoms. The summed E-state index contributed by atoms with van der Waals surface area (Å²) in [5, 5.41) is 5.89. The van der Waals surface area contributed by atoms with E-state index in [1.807, 2.05) is 24.3 Å². The molecule has 1 atom stereocenters. The van der Waals surface area contributed by atoms with Crippen LogP contribution in [0.5, 0.6) is 5.75 Å². The van der Waals surface area contributed by atoms with E-state index >= 15 is 0 Å². The van der Waals surface area contributed by atoms with E-state index in [1.165, 1.54) is 0 Å². The molecule has 1 aromatic carbocycles. The van der Waals surface area contributed by atoms with Crippen LogP contribution in [0.4, 0.5) is 11.4 Å². The zero-order valence-electron chi connectivity index (χ0n) is 13.7. The van der Waals surface area contributed by atoms with Crippen molar-refractivity contribution < 1.29 is 17.9 Å². The van der Waals surface area contributed by atoms with Crippen LogP contribution in [-0.4, -0.2) is 44.0 Å². The highest BCUT2D eigenvalue weighted by atomic mass is 32.2. The molecular weight excluding hydrogens is 342 g/mol. The van der Waals surface area contributed by atoms with Gasteiger partial charge in [0.15, 0.2) is 9.84 Å². The molecule has 132 valence electrons. The number of hydrogen-bond donors (Lipinski definition) is 2. The number of methoxy groups -OCH3 is 1. The number of ether oxygens (including phenoxy) is 1. The molecule has 2 N–H and O–H groups in total. The summed E-state index contributed by atoms with van der Waals surface area (Å²) in [6.07, 6.45) is 2.00. The van der Waals surface area contributed by atoms with Gasteiger partial charge in [0, 0.05) is 17.8 Å². The third kappa shape index (κ3) is 4.48. The van der Waals surface area contributed by atoms with Crippen molar-refractivity contribution in [2.75, 3.05) is 23.9 Å². The van der Waals surface area contributed by atoms with Crippen molar-refractivity contribution in [3.8, 4) is 5.75 Å². The molecule has 25 heavy (non-hydrogen) atoms. The molecule has 1 aromatic heterocycles. The molecule has 8 heteroatoms. The quantitative estimate of drug-likeness (QED) is 0.842. The number of anilines is 2. The number of sulfone groups is 1. The lowest BCUT2D eigenvalue weighted by Gasteiger charge is -2.11. The minimum absolute atomic E-state index is 0.00573. The first kappa shape index (κ1) is 17.2. The minimum Gasteiger partial charge on any atom is -0.497 e. The van der Waals surface area contributed by atoms with Gasteiger partial charge in [-0.15, -0.1) is 0 Å². The Morgan fingerprint density at radius 3 is 2.72 bits per heavy atom. The van der Waals surface area contributed by atoms with E-state index in [9.17, 15) is 13.2 Å². The summed E-state index contributed by atoms with van der Waals surface area (Å²) in [7, 11) is -1.42. The van der Waals surface area contributed by atoms with Gasteiger partial charge in [-0.25, -0.2) is 13.4 Å². The lowest BCUT2D eigenvalue weighted by atomic mass is 10.2. The summed E-state index contributed by atoms with van der Waals surface area (Å²) in [5.41, 5.74) is 1.82. The highest BCUT2D eigenvalue weighted by Crippen LogP contribution is 2.21. The molecule has 1 aliphatic rings. The van der Waals surface area contributed by atoms with Crippen molar-refractivity contribution in [1.29, 1.82) is 0 Å². The highest BCUT2D eigenvalue weighted by Gasteiger charge is 2.29. The Bertz CT molecular complexity index is 866. The molecule has 1 aliphatic heterocycles. The largest absolute Gasteiger partial charge is 0.497 e. The summed E-state index contributed by atoms with van der Waals surface area (Å²) >= 11 is 0. The summed E-state index contributed by atoms with van der Waals surface area (Å²) in [4.78, 5) is 16.3. The van der Waals surface area contributed by atoms with Crippen LogP contribution in [0.3, 0.4) is 0 Å². The number of aromatic nitrogens is 1. The first-order valence-corrected chi connectivity index (χ1v) is 9.66. The van der Waals surface area contributed by atoms with Crippen LogP contribution in [-0.2, 0) is 9.84 Å². The van der Waals surface area contributed by atoms with Gasteiger partial charge in [-0.05, 0) is 30.7 Å². The number of rotatable bonds is 5. The van der Waals surface area contributed by atoms with Gasteiger partial charge in [0.2, 0.25) is 0 Å². The van der Waals surface area contributed by atoms with Gasteiger partial charge >= 0.3 is 0 Å². The Morgan fingerprint density at radius 1 is 1.24 bits per heavy atom. The number of carbonyl (C=O) groups is 1. The maximum Gasteiger partial charge on any atom is 0.270 e. The summed E-state index contributed by atoms with van der Waals surface area (Å²) in [6.45, 7) is 0. The van der Waals surface area contributed by atoms with Crippen molar-refractivity contribution >= 4 is 27.1 Å².